The van der Waals surface area contributed by atoms with Gasteiger partial charge in [0, 0.05) is 6.42 Å². The smallest absolute Gasteiger partial charge is 0.306 e. The molecule has 0 N–H and O–H groups in total. The summed E-state index contributed by atoms with van der Waals surface area (Å²) in [4.78, 5) is 22.1. The van der Waals surface area contributed by atoms with E-state index in [0.29, 0.717) is 0 Å². The Morgan fingerprint density at radius 2 is 1.84 bits per heavy atom. The van der Waals surface area contributed by atoms with E-state index in [1.807, 2.05) is 6.07 Å². The maximum atomic E-state index is 12.4. The fourth-order valence-electron chi connectivity index (χ4n) is 1.42. The lowest BCUT2D eigenvalue weighted by molar-refractivity contribution is -0.145. The van der Waals surface area contributed by atoms with E-state index >= 15 is 0 Å². The quantitative estimate of drug-likeness (QED) is 0.572. The molecule has 0 aliphatic carbocycles. The molecule has 0 saturated heterocycles. The van der Waals surface area contributed by atoms with E-state index in [2.05, 4.69) is 0 Å². The number of ether oxygens (including phenoxy) is 1. The first-order valence-corrected chi connectivity index (χ1v) is 6.05. The SMILES string of the molecule is O=C(CCC(C(=O)Cl)C(F)F)OCc1ccccc1. The number of halogens is 3. The summed E-state index contributed by atoms with van der Waals surface area (Å²) in [5, 5.41) is -1.13. The van der Waals surface area contributed by atoms with Crippen LogP contribution in [0, 0.1) is 5.92 Å². The molecular weight excluding hydrogens is 278 g/mol. The second kappa shape index (κ2) is 7.84. The summed E-state index contributed by atoms with van der Waals surface area (Å²) in [7, 11) is 0. The molecule has 0 radical (unpaired) electrons. The van der Waals surface area contributed by atoms with Crippen molar-refractivity contribution in [3.05, 3.63) is 35.9 Å². The predicted octanol–water partition coefficient (Wildman–Crippen LogP) is 3.16. The normalized spacial score (nSPS) is 12.2. The van der Waals surface area contributed by atoms with Gasteiger partial charge in [-0.15, -0.1) is 0 Å². The van der Waals surface area contributed by atoms with Crippen LogP contribution in [0.2, 0.25) is 0 Å². The van der Waals surface area contributed by atoms with Crippen LogP contribution in [-0.2, 0) is 20.9 Å². The molecule has 0 spiro atoms. The fraction of sp³-hybridized carbons (Fsp3) is 0.385. The number of alkyl halides is 2. The highest BCUT2D eigenvalue weighted by Gasteiger charge is 2.27. The van der Waals surface area contributed by atoms with E-state index in [0.717, 1.165) is 5.56 Å². The summed E-state index contributed by atoms with van der Waals surface area (Å²) >= 11 is 5.02. The van der Waals surface area contributed by atoms with Crippen LogP contribution in [0.3, 0.4) is 0 Å². The minimum absolute atomic E-state index is 0.0772. The Balaban J connectivity index is 2.33. The van der Waals surface area contributed by atoms with Crippen LogP contribution in [0.15, 0.2) is 30.3 Å². The van der Waals surface area contributed by atoms with Crippen molar-refractivity contribution in [2.75, 3.05) is 0 Å². The summed E-state index contributed by atoms with van der Waals surface area (Å²) in [5.74, 6) is -2.25. The van der Waals surface area contributed by atoms with Gasteiger partial charge in [0.2, 0.25) is 11.7 Å². The molecular formula is C13H13ClF2O3. The third-order valence-corrected chi connectivity index (χ3v) is 2.78. The van der Waals surface area contributed by atoms with E-state index in [1.165, 1.54) is 0 Å². The Hall–Kier alpha value is -1.49. The minimum atomic E-state index is -2.87. The fourth-order valence-corrected chi connectivity index (χ4v) is 1.63. The van der Waals surface area contributed by atoms with E-state index < -0.39 is 23.6 Å². The molecule has 0 aromatic heterocycles. The Morgan fingerprint density at radius 1 is 1.21 bits per heavy atom. The van der Waals surface area contributed by atoms with Gasteiger partial charge in [-0.25, -0.2) is 8.78 Å². The summed E-state index contributed by atoms with van der Waals surface area (Å²) < 4.78 is 29.7. The molecule has 0 saturated carbocycles. The van der Waals surface area contributed by atoms with Crippen molar-refractivity contribution in [2.45, 2.75) is 25.9 Å². The topological polar surface area (TPSA) is 43.4 Å². The van der Waals surface area contributed by atoms with Crippen molar-refractivity contribution in [1.29, 1.82) is 0 Å². The summed E-state index contributed by atoms with van der Waals surface area (Å²) in [6, 6.07) is 8.96. The maximum Gasteiger partial charge on any atom is 0.306 e. The molecule has 19 heavy (non-hydrogen) atoms. The highest BCUT2D eigenvalue weighted by atomic mass is 35.5. The van der Waals surface area contributed by atoms with Crippen molar-refractivity contribution in [3.63, 3.8) is 0 Å². The molecule has 0 bridgehead atoms. The van der Waals surface area contributed by atoms with Crippen LogP contribution in [0.25, 0.3) is 0 Å². The summed E-state index contributed by atoms with van der Waals surface area (Å²) in [6.07, 6.45) is -3.44. The van der Waals surface area contributed by atoms with Crippen LogP contribution in [0.1, 0.15) is 18.4 Å². The molecule has 1 unspecified atom stereocenters. The van der Waals surface area contributed by atoms with Gasteiger partial charge in [0.15, 0.2) is 0 Å². The third kappa shape index (κ3) is 5.79. The number of rotatable bonds is 7. The van der Waals surface area contributed by atoms with Crippen molar-refractivity contribution in [2.24, 2.45) is 5.92 Å². The molecule has 1 aromatic rings. The molecule has 0 heterocycles. The molecule has 3 nitrogen and oxygen atoms in total. The number of esters is 1. The lowest BCUT2D eigenvalue weighted by Crippen LogP contribution is -2.20. The Morgan fingerprint density at radius 3 is 2.37 bits per heavy atom. The zero-order valence-corrected chi connectivity index (χ0v) is 10.8. The average molecular weight is 291 g/mol. The van der Waals surface area contributed by atoms with Gasteiger partial charge < -0.3 is 4.74 Å². The highest BCUT2D eigenvalue weighted by molar-refractivity contribution is 6.64. The molecule has 1 aromatic carbocycles. The van der Waals surface area contributed by atoms with Crippen LogP contribution >= 0.6 is 11.6 Å². The molecule has 0 aliphatic rings. The lowest BCUT2D eigenvalue weighted by Gasteiger charge is -2.10. The third-order valence-electron chi connectivity index (χ3n) is 2.50. The van der Waals surface area contributed by atoms with Gasteiger partial charge >= 0.3 is 5.97 Å². The summed E-state index contributed by atoms with van der Waals surface area (Å²) in [6.45, 7) is 0.0772. The molecule has 6 heteroatoms. The Bertz CT molecular complexity index is 423. The molecule has 104 valence electrons. The summed E-state index contributed by atoms with van der Waals surface area (Å²) in [5.41, 5.74) is 0.801. The van der Waals surface area contributed by atoms with Crippen molar-refractivity contribution < 1.29 is 23.1 Å². The van der Waals surface area contributed by atoms with E-state index in [-0.39, 0.29) is 19.4 Å². The number of carbonyl (C=O) groups excluding carboxylic acids is 2. The molecule has 0 amide bonds. The highest BCUT2D eigenvalue weighted by Crippen LogP contribution is 2.19. The first-order chi connectivity index (χ1) is 9.00. The zero-order valence-electron chi connectivity index (χ0n) is 10.0. The van der Waals surface area contributed by atoms with Gasteiger partial charge in [0.1, 0.15) is 6.61 Å². The second-order valence-electron chi connectivity index (χ2n) is 3.93. The van der Waals surface area contributed by atoms with Gasteiger partial charge in [-0.1, -0.05) is 30.3 Å². The molecule has 1 atom stereocenters. The van der Waals surface area contributed by atoms with Gasteiger partial charge in [-0.05, 0) is 23.6 Å². The van der Waals surface area contributed by atoms with Crippen molar-refractivity contribution >= 4 is 22.8 Å². The predicted molar refractivity (Wildman–Crippen MR) is 65.8 cm³/mol. The Labute approximate surface area is 114 Å². The largest absolute Gasteiger partial charge is 0.461 e. The first-order valence-electron chi connectivity index (χ1n) is 5.67. The Kier molecular flexibility index (Phi) is 6.42. The van der Waals surface area contributed by atoms with Crippen molar-refractivity contribution in [3.8, 4) is 0 Å². The van der Waals surface area contributed by atoms with E-state index in [9.17, 15) is 18.4 Å². The maximum absolute atomic E-state index is 12.4. The standard InChI is InChI=1S/C13H13ClF2O3/c14-12(18)10(13(15)16)6-7-11(17)19-8-9-4-2-1-3-5-9/h1-5,10,13H,6-8H2. The lowest BCUT2D eigenvalue weighted by atomic mass is 10.1. The number of carbonyl (C=O) groups is 2. The van der Waals surface area contributed by atoms with Gasteiger partial charge in [-0.2, -0.15) is 0 Å². The molecule has 0 aliphatic heterocycles. The number of hydrogen-bond acceptors (Lipinski definition) is 3. The van der Waals surface area contributed by atoms with Crippen LogP contribution < -0.4 is 0 Å². The molecule has 0 fully saturated rings. The van der Waals surface area contributed by atoms with E-state index in [1.54, 1.807) is 24.3 Å². The van der Waals surface area contributed by atoms with E-state index in [4.69, 9.17) is 16.3 Å². The van der Waals surface area contributed by atoms with Crippen LogP contribution in [0.4, 0.5) is 8.78 Å². The first kappa shape index (κ1) is 15.6. The zero-order chi connectivity index (χ0) is 14.3. The van der Waals surface area contributed by atoms with Gasteiger partial charge in [0.05, 0.1) is 5.92 Å². The van der Waals surface area contributed by atoms with Gasteiger partial charge in [0.25, 0.3) is 0 Å². The van der Waals surface area contributed by atoms with Crippen molar-refractivity contribution in [1.82, 2.24) is 0 Å². The molecule has 1 rings (SSSR count). The second-order valence-corrected chi connectivity index (χ2v) is 4.30. The van der Waals surface area contributed by atoms with Crippen LogP contribution in [-0.4, -0.2) is 17.6 Å². The number of hydrogen-bond donors (Lipinski definition) is 0. The average Bonchev–Trinajstić information content (AvgIpc) is 2.37. The minimum Gasteiger partial charge on any atom is -0.461 e. The number of benzene rings is 1. The monoisotopic (exact) mass is 290 g/mol. The van der Waals surface area contributed by atoms with Gasteiger partial charge in [-0.3, -0.25) is 9.59 Å². The van der Waals surface area contributed by atoms with Crippen LogP contribution in [0.5, 0.6) is 0 Å².